The van der Waals surface area contributed by atoms with E-state index in [2.05, 4.69) is 108 Å². The molecule has 0 aromatic rings. The van der Waals surface area contributed by atoms with Crippen molar-refractivity contribution in [3.05, 3.63) is 142 Å². The second kappa shape index (κ2) is 11.2. The minimum atomic E-state index is 0.121. The number of nitrogens with one attached hydrogen (secondary N) is 2. The molecule has 0 amide bonds. The molecule has 0 saturated heterocycles. The van der Waals surface area contributed by atoms with E-state index in [0.717, 1.165) is 37.9 Å². The van der Waals surface area contributed by atoms with Crippen molar-refractivity contribution in [3.63, 3.8) is 0 Å². The van der Waals surface area contributed by atoms with Gasteiger partial charge in [0.1, 0.15) is 0 Å². The van der Waals surface area contributed by atoms with Gasteiger partial charge in [0.15, 0.2) is 0 Å². The van der Waals surface area contributed by atoms with E-state index in [1.165, 1.54) is 39.0 Å². The maximum Gasteiger partial charge on any atom is 0.0875 e. The second-order valence-electron chi connectivity index (χ2n) is 10.5. The van der Waals surface area contributed by atoms with E-state index >= 15 is 0 Å². The summed E-state index contributed by atoms with van der Waals surface area (Å²) in [4.78, 5) is 4.79. The predicted molar refractivity (Wildman–Crippen MR) is 159 cm³/mol. The van der Waals surface area contributed by atoms with E-state index in [9.17, 15) is 0 Å². The fraction of sp³-hybridized carbons (Fsp3) is 0.265. The maximum absolute atomic E-state index is 6.19. The zero-order valence-electron chi connectivity index (χ0n) is 21.8. The lowest BCUT2D eigenvalue weighted by atomic mass is 9.79. The molecule has 0 fully saturated rings. The van der Waals surface area contributed by atoms with Crippen molar-refractivity contribution < 1.29 is 0 Å². The van der Waals surface area contributed by atoms with Crippen LogP contribution in [0.1, 0.15) is 25.7 Å². The molecule has 38 heavy (non-hydrogen) atoms. The van der Waals surface area contributed by atoms with E-state index < -0.39 is 0 Å². The minimum Gasteiger partial charge on any atom is -0.386 e. The van der Waals surface area contributed by atoms with Crippen molar-refractivity contribution in [1.29, 1.82) is 0 Å². The smallest absolute Gasteiger partial charge is 0.0875 e. The summed E-state index contributed by atoms with van der Waals surface area (Å²) in [6.07, 6.45) is 41.8. The van der Waals surface area contributed by atoms with E-state index in [4.69, 9.17) is 10.7 Å². The molecule has 0 aromatic carbocycles. The Kier molecular flexibility index (Phi) is 7.23. The highest BCUT2D eigenvalue weighted by molar-refractivity contribution is 5.62. The molecule has 6 rings (SSSR count). The van der Waals surface area contributed by atoms with E-state index in [0.29, 0.717) is 18.4 Å². The topological polar surface area (TPSA) is 62.4 Å². The first kappa shape index (κ1) is 24.4. The van der Waals surface area contributed by atoms with Gasteiger partial charge in [-0.15, -0.1) is 0 Å². The average Bonchev–Trinajstić information content (AvgIpc) is 2.99. The van der Waals surface area contributed by atoms with Gasteiger partial charge in [0, 0.05) is 36.8 Å². The monoisotopic (exact) mass is 500 g/mol. The van der Waals surface area contributed by atoms with Crippen LogP contribution in [-0.4, -0.2) is 25.5 Å². The van der Waals surface area contributed by atoms with Gasteiger partial charge in [-0.3, -0.25) is 4.99 Å². The Morgan fingerprint density at radius 2 is 2.03 bits per heavy atom. The van der Waals surface area contributed by atoms with Gasteiger partial charge in [-0.1, -0.05) is 79.0 Å². The summed E-state index contributed by atoms with van der Waals surface area (Å²) in [6, 6.07) is 0.121. The van der Waals surface area contributed by atoms with E-state index in [1.807, 2.05) is 6.34 Å². The third-order valence-corrected chi connectivity index (χ3v) is 8.11. The number of allylic oxidation sites excluding steroid dienone is 18. The molecule has 4 aliphatic carbocycles. The van der Waals surface area contributed by atoms with Crippen LogP contribution in [-0.2, 0) is 0 Å². The normalized spacial score (nSPS) is 28.1. The Labute approximate surface area is 226 Å². The molecule has 4 nitrogen and oxygen atoms in total. The Hall–Kier alpha value is -3.89. The van der Waals surface area contributed by atoms with Gasteiger partial charge >= 0.3 is 0 Å². The lowest BCUT2D eigenvalue weighted by Gasteiger charge is -2.27. The molecular weight excluding hydrogens is 464 g/mol. The van der Waals surface area contributed by atoms with Crippen LogP contribution in [0.2, 0.25) is 0 Å². The summed E-state index contributed by atoms with van der Waals surface area (Å²) in [5, 5.41) is 6.73. The average molecular weight is 501 g/mol. The zero-order chi connectivity index (χ0) is 25.7. The lowest BCUT2D eigenvalue weighted by Crippen LogP contribution is -2.25. The highest BCUT2D eigenvalue weighted by atomic mass is 15.0. The summed E-state index contributed by atoms with van der Waals surface area (Å²) < 4.78 is 0. The van der Waals surface area contributed by atoms with E-state index in [1.54, 1.807) is 0 Å². The molecule has 0 aromatic heterocycles. The largest absolute Gasteiger partial charge is 0.386 e. The molecule has 3 unspecified atom stereocenters. The molecule has 0 bridgehead atoms. The van der Waals surface area contributed by atoms with Gasteiger partial charge < -0.3 is 16.4 Å². The number of fused-ring (bicyclic) bond motifs is 2. The van der Waals surface area contributed by atoms with Crippen molar-refractivity contribution in [2.24, 2.45) is 22.6 Å². The number of nitrogens with two attached hydrogens (primary N) is 1. The van der Waals surface area contributed by atoms with Crippen LogP contribution in [0.5, 0.6) is 0 Å². The SMILES string of the molecule is NC/C(=C\C=C\C1=CC(C2C=C(C3=CC=C4C=CC=CC4C3)C=CC2)N=CN1)C1=C2CCC=CC2=CNC1. The Balaban J connectivity index is 1.17. The number of hydrogen-bond acceptors (Lipinski definition) is 4. The van der Waals surface area contributed by atoms with Crippen LogP contribution in [0.3, 0.4) is 0 Å². The molecule has 0 radical (unpaired) electrons. The molecule has 0 saturated carbocycles. The lowest BCUT2D eigenvalue weighted by molar-refractivity contribution is 0.570. The Morgan fingerprint density at radius 3 is 2.97 bits per heavy atom. The molecule has 4 heteroatoms. The number of rotatable bonds is 6. The minimum absolute atomic E-state index is 0.121. The zero-order valence-corrected chi connectivity index (χ0v) is 21.8. The third kappa shape index (κ3) is 5.23. The molecule has 6 aliphatic rings. The summed E-state index contributed by atoms with van der Waals surface area (Å²) in [7, 11) is 0. The van der Waals surface area contributed by atoms with Crippen LogP contribution in [0, 0.1) is 11.8 Å². The molecule has 3 atom stereocenters. The van der Waals surface area contributed by atoms with Gasteiger partial charge in [-0.05, 0) is 76.8 Å². The Bertz CT molecular complexity index is 1380. The predicted octanol–water partition coefficient (Wildman–Crippen LogP) is 5.95. The molecule has 2 aliphatic heterocycles. The standard InChI is InChI=1S/C34H36N4/c35-20-29(33-22-36-21-30-9-3-4-14-32(30)33)12-6-13-31-19-34(38-23-37-31)28-11-5-10-26(18-28)27-16-15-24-7-1-2-8-25(24)17-27/h1-3,5-10,12-13,15-16,18-19,21,23,25,28,34,36H,4,11,14,17,20,22,35H2,(H,37,38)/b13-6+,29-12+. The third-order valence-electron chi connectivity index (χ3n) is 8.11. The quantitative estimate of drug-likeness (QED) is 0.395. The fourth-order valence-corrected chi connectivity index (χ4v) is 6.03. The maximum atomic E-state index is 6.19. The Morgan fingerprint density at radius 1 is 1.08 bits per heavy atom. The number of aliphatic imine (C=N–C) groups is 1. The van der Waals surface area contributed by atoms with Gasteiger partial charge in [0.05, 0.1) is 12.4 Å². The van der Waals surface area contributed by atoms with Gasteiger partial charge in [0.25, 0.3) is 0 Å². The number of dihydropyridines is 1. The molecule has 0 spiro atoms. The van der Waals surface area contributed by atoms with Crippen LogP contribution in [0.4, 0.5) is 0 Å². The molecule has 192 valence electrons. The van der Waals surface area contributed by atoms with Crippen molar-refractivity contribution in [1.82, 2.24) is 10.6 Å². The summed E-state index contributed by atoms with van der Waals surface area (Å²) in [5.41, 5.74) is 16.7. The summed E-state index contributed by atoms with van der Waals surface area (Å²) in [5.74, 6) is 0.845. The van der Waals surface area contributed by atoms with Crippen molar-refractivity contribution in [2.45, 2.75) is 31.7 Å². The van der Waals surface area contributed by atoms with E-state index in [-0.39, 0.29) is 6.04 Å². The molecular formula is C34H36N4. The van der Waals surface area contributed by atoms with Gasteiger partial charge in [-0.2, -0.15) is 0 Å². The summed E-state index contributed by atoms with van der Waals surface area (Å²) >= 11 is 0. The van der Waals surface area contributed by atoms with Gasteiger partial charge in [0.2, 0.25) is 0 Å². The molecule has 2 heterocycles. The first-order chi connectivity index (χ1) is 18.8. The van der Waals surface area contributed by atoms with Crippen LogP contribution in [0.25, 0.3) is 0 Å². The van der Waals surface area contributed by atoms with Crippen LogP contribution in [0.15, 0.2) is 147 Å². The van der Waals surface area contributed by atoms with Crippen LogP contribution < -0.4 is 16.4 Å². The summed E-state index contributed by atoms with van der Waals surface area (Å²) in [6.45, 7) is 1.37. The van der Waals surface area contributed by atoms with Crippen molar-refractivity contribution in [2.75, 3.05) is 13.1 Å². The first-order valence-electron chi connectivity index (χ1n) is 13.8. The fourth-order valence-electron chi connectivity index (χ4n) is 6.03. The van der Waals surface area contributed by atoms with Gasteiger partial charge in [-0.25, -0.2) is 0 Å². The van der Waals surface area contributed by atoms with Crippen LogP contribution >= 0.6 is 0 Å². The highest BCUT2D eigenvalue weighted by Gasteiger charge is 2.24. The highest BCUT2D eigenvalue weighted by Crippen LogP contribution is 2.36. The first-order valence-corrected chi connectivity index (χ1v) is 13.8. The number of hydrogen-bond donors (Lipinski definition) is 3. The second-order valence-corrected chi connectivity index (χ2v) is 10.5. The van der Waals surface area contributed by atoms with Crippen molar-refractivity contribution >= 4 is 6.34 Å². The molecule has 4 N–H and O–H groups in total. The number of nitrogens with zero attached hydrogens (tertiary/aromatic N) is 1. The van der Waals surface area contributed by atoms with Crippen molar-refractivity contribution in [3.8, 4) is 0 Å².